The molecule has 206 valence electrons. The zero-order chi connectivity index (χ0) is 27.3. The van der Waals surface area contributed by atoms with Gasteiger partial charge in [-0.25, -0.2) is 4.79 Å². The molecule has 1 atom stereocenters. The predicted molar refractivity (Wildman–Crippen MR) is 154 cm³/mol. The van der Waals surface area contributed by atoms with Crippen LogP contribution in [0.15, 0.2) is 85.1 Å². The van der Waals surface area contributed by atoms with E-state index in [0.717, 1.165) is 35.2 Å². The minimum atomic E-state index is -0.695. The van der Waals surface area contributed by atoms with Gasteiger partial charge in [-0.2, -0.15) is 0 Å². The highest BCUT2D eigenvalue weighted by Crippen LogP contribution is 2.21. The smallest absolute Gasteiger partial charge is 0.338 e. The number of aromatic nitrogens is 1. The highest BCUT2D eigenvalue weighted by molar-refractivity contribution is 5.94. The van der Waals surface area contributed by atoms with Crippen molar-refractivity contribution in [2.75, 3.05) is 13.2 Å². The molecule has 0 aliphatic carbocycles. The SMILES string of the molecule is CCCCCCCCOc1ccc(OCC(O)Cn2ccc3cc(C(=O)OCc4ccccc4)ccc32)cc1. The number of aliphatic hydroxyl groups excluding tert-OH is 1. The Morgan fingerprint density at radius 1 is 0.846 bits per heavy atom. The van der Waals surface area contributed by atoms with Crippen LogP contribution in [0.5, 0.6) is 11.5 Å². The molecule has 0 amide bonds. The number of fused-ring (bicyclic) bond motifs is 1. The second-order valence-electron chi connectivity index (χ2n) is 9.86. The van der Waals surface area contributed by atoms with Gasteiger partial charge in [0.2, 0.25) is 0 Å². The average Bonchev–Trinajstić information content (AvgIpc) is 3.37. The van der Waals surface area contributed by atoms with E-state index in [0.29, 0.717) is 17.9 Å². The number of hydrogen-bond acceptors (Lipinski definition) is 5. The molecule has 6 heteroatoms. The summed E-state index contributed by atoms with van der Waals surface area (Å²) in [5.74, 6) is 1.16. The number of rotatable bonds is 16. The predicted octanol–water partition coefficient (Wildman–Crippen LogP) is 7.18. The van der Waals surface area contributed by atoms with Gasteiger partial charge in [0, 0.05) is 17.1 Å². The molecule has 0 bridgehead atoms. The second-order valence-corrected chi connectivity index (χ2v) is 9.86. The number of aliphatic hydroxyl groups is 1. The van der Waals surface area contributed by atoms with Gasteiger partial charge in [-0.15, -0.1) is 0 Å². The molecule has 3 aromatic carbocycles. The standard InChI is InChI=1S/C33H39NO5/c1-2-3-4-5-6-10-21-37-30-14-16-31(17-15-30)38-25-29(35)23-34-20-19-27-22-28(13-18-32(27)34)33(36)39-24-26-11-8-7-9-12-26/h7-9,11-20,22,29,35H,2-6,10,21,23-25H2,1H3. The maximum absolute atomic E-state index is 12.5. The number of unbranched alkanes of at least 4 members (excludes halogenated alkanes) is 5. The molecule has 0 saturated heterocycles. The molecular formula is C33H39NO5. The quantitative estimate of drug-likeness (QED) is 0.123. The maximum atomic E-state index is 12.5. The Hall–Kier alpha value is -3.77. The summed E-state index contributed by atoms with van der Waals surface area (Å²) in [7, 11) is 0. The van der Waals surface area contributed by atoms with E-state index >= 15 is 0 Å². The fourth-order valence-electron chi connectivity index (χ4n) is 4.47. The lowest BCUT2D eigenvalue weighted by atomic mass is 10.1. The number of esters is 1. The first-order valence-electron chi connectivity index (χ1n) is 14.0. The van der Waals surface area contributed by atoms with Crippen molar-refractivity contribution in [2.24, 2.45) is 0 Å². The molecule has 4 rings (SSSR count). The Labute approximate surface area is 231 Å². The van der Waals surface area contributed by atoms with E-state index in [1.807, 2.05) is 83.6 Å². The van der Waals surface area contributed by atoms with Crippen LogP contribution in [0.2, 0.25) is 0 Å². The van der Waals surface area contributed by atoms with Gasteiger partial charge in [-0.1, -0.05) is 69.4 Å². The van der Waals surface area contributed by atoms with Gasteiger partial charge in [-0.05, 0) is 60.5 Å². The minimum absolute atomic E-state index is 0.168. The third-order valence-corrected chi connectivity index (χ3v) is 6.66. The Morgan fingerprint density at radius 3 is 2.33 bits per heavy atom. The first-order valence-corrected chi connectivity index (χ1v) is 14.0. The van der Waals surface area contributed by atoms with Crippen LogP contribution in [-0.4, -0.2) is 35.0 Å². The number of nitrogens with zero attached hydrogens (tertiary/aromatic N) is 1. The monoisotopic (exact) mass is 529 g/mol. The fourth-order valence-corrected chi connectivity index (χ4v) is 4.47. The molecule has 0 saturated carbocycles. The molecule has 6 nitrogen and oxygen atoms in total. The topological polar surface area (TPSA) is 69.9 Å². The van der Waals surface area contributed by atoms with Gasteiger partial charge in [0.1, 0.15) is 30.8 Å². The largest absolute Gasteiger partial charge is 0.494 e. The van der Waals surface area contributed by atoms with Crippen molar-refractivity contribution in [2.45, 2.75) is 64.7 Å². The summed E-state index contributed by atoms with van der Waals surface area (Å²) in [6.45, 7) is 3.74. The molecule has 0 aliphatic rings. The van der Waals surface area contributed by atoms with E-state index in [4.69, 9.17) is 14.2 Å². The van der Waals surface area contributed by atoms with Crippen molar-refractivity contribution in [1.82, 2.24) is 4.57 Å². The molecule has 0 radical (unpaired) electrons. The van der Waals surface area contributed by atoms with Crippen molar-refractivity contribution >= 4 is 16.9 Å². The van der Waals surface area contributed by atoms with Crippen molar-refractivity contribution < 1.29 is 24.1 Å². The highest BCUT2D eigenvalue weighted by Gasteiger charge is 2.13. The van der Waals surface area contributed by atoms with Gasteiger partial charge in [0.25, 0.3) is 0 Å². The van der Waals surface area contributed by atoms with Crippen molar-refractivity contribution in [3.05, 3.63) is 96.2 Å². The fraction of sp³-hybridized carbons (Fsp3) is 0.364. The lowest BCUT2D eigenvalue weighted by Crippen LogP contribution is -2.23. The van der Waals surface area contributed by atoms with Crippen LogP contribution >= 0.6 is 0 Å². The van der Waals surface area contributed by atoms with Gasteiger partial charge in [-0.3, -0.25) is 0 Å². The summed E-state index contributed by atoms with van der Waals surface area (Å²) in [6, 6.07) is 24.5. The van der Waals surface area contributed by atoms with Crippen LogP contribution in [0, 0.1) is 0 Å². The molecule has 1 heterocycles. The summed E-state index contributed by atoms with van der Waals surface area (Å²) in [4.78, 5) is 12.5. The van der Waals surface area contributed by atoms with Crippen LogP contribution in [0.25, 0.3) is 10.9 Å². The zero-order valence-electron chi connectivity index (χ0n) is 22.8. The second kappa shape index (κ2) is 15.0. The van der Waals surface area contributed by atoms with Gasteiger partial charge < -0.3 is 23.9 Å². The summed E-state index contributed by atoms with van der Waals surface area (Å²) < 4.78 is 19.0. The van der Waals surface area contributed by atoms with Crippen LogP contribution in [-0.2, 0) is 17.9 Å². The van der Waals surface area contributed by atoms with E-state index in [1.165, 1.54) is 32.1 Å². The van der Waals surface area contributed by atoms with Gasteiger partial charge in [0.15, 0.2) is 0 Å². The number of carbonyl (C=O) groups is 1. The summed E-state index contributed by atoms with van der Waals surface area (Å²) in [5.41, 5.74) is 2.38. The Bertz CT molecular complexity index is 1280. The molecule has 4 aromatic rings. The third-order valence-electron chi connectivity index (χ3n) is 6.66. The van der Waals surface area contributed by atoms with Crippen LogP contribution in [0.1, 0.15) is 61.4 Å². The lowest BCUT2D eigenvalue weighted by molar-refractivity contribution is 0.0473. The number of hydrogen-bond donors (Lipinski definition) is 1. The highest BCUT2D eigenvalue weighted by atomic mass is 16.5. The molecule has 1 unspecified atom stereocenters. The van der Waals surface area contributed by atoms with Crippen LogP contribution in [0.4, 0.5) is 0 Å². The molecule has 0 spiro atoms. The Balaban J connectivity index is 1.20. The van der Waals surface area contributed by atoms with E-state index in [-0.39, 0.29) is 19.2 Å². The third kappa shape index (κ3) is 8.89. The number of carbonyl (C=O) groups excluding carboxylic acids is 1. The van der Waals surface area contributed by atoms with E-state index in [9.17, 15) is 9.90 Å². The normalized spacial score (nSPS) is 11.8. The average molecular weight is 530 g/mol. The Kier molecular flexibility index (Phi) is 10.8. The van der Waals surface area contributed by atoms with E-state index in [1.54, 1.807) is 6.07 Å². The van der Waals surface area contributed by atoms with Gasteiger partial charge >= 0.3 is 5.97 Å². The van der Waals surface area contributed by atoms with E-state index in [2.05, 4.69) is 6.92 Å². The van der Waals surface area contributed by atoms with E-state index < -0.39 is 6.10 Å². The van der Waals surface area contributed by atoms with Crippen molar-refractivity contribution in [1.29, 1.82) is 0 Å². The molecule has 0 fully saturated rings. The Morgan fingerprint density at radius 2 is 1.56 bits per heavy atom. The molecule has 0 aliphatic heterocycles. The molecule has 1 aromatic heterocycles. The molecule has 1 N–H and O–H groups in total. The van der Waals surface area contributed by atoms with Crippen molar-refractivity contribution in [3.8, 4) is 11.5 Å². The summed E-state index contributed by atoms with van der Waals surface area (Å²) in [5, 5.41) is 11.5. The van der Waals surface area contributed by atoms with Crippen LogP contribution < -0.4 is 9.47 Å². The van der Waals surface area contributed by atoms with Gasteiger partial charge in [0.05, 0.1) is 18.7 Å². The number of ether oxygens (including phenoxy) is 3. The maximum Gasteiger partial charge on any atom is 0.338 e. The summed E-state index contributed by atoms with van der Waals surface area (Å²) in [6.07, 6.45) is 8.65. The van der Waals surface area contributed by atoms with Crippen LogP contribution in [0.3, 0.4) is 0 Å². The number of benzene rings is 3. The first kappa shape index (κ1) is 28.2. The zero-order valence-corrected chi connectivity index (χ0v) is 22.8. The first-order chi connectivity index (χ1) is 19.1. The molecular weight excluding hydrogens is 490 g/mol. The molecule has 39 heavy (non-hydrogen) atoms. The lowest BCUT2D eigenvalue weighted by Gasteiger charge is -2.15. The minimum Gasteiger partial charge on any atom is -0.494 e. The van der Waals surface area contributed by atoms with Crippen molar-refractivity contribution in [3.63, 3.8) is 0 Å². The summed E-state index contributed by atoms with van der Waals surface area (Å²) >= 11 is 0.